The lowest BCUT2D eigenvalue weighted by atomic mass is 9.84. The Morgan fingerprint density at radius 1 is 1.10 bits per heavy atom. The normalized spacial score (nSPS) is 22.8. The minimum atomic E-state index is -0.307. The highest BCUT2D eigenvalue weighted by molar-refractivity contribution is 5.85. The summed E-state index contributed by atoms with van der Waals surface area (Å²) < 4.78 is 11.5. The molecule has 31 heavy (non-hydrogen) atoms. The van der Waals surface area contributed by atoms with Gasteiger partial charge >= 0.3 is 0 Å². The fourth-order valence-electron chi connectivity index (χ4n) is 5.29. The topological polar surface area (TPSA) is 64.8 Å². The highest BCUT2D eigenvalue weighted by Crippen LogP contribution is 2.33. The first-order chi connectivity index (χ1) is 15.2. The van der Waals surface area contributed by atoms with Crippen LogP contribution in [0.3, 0.4) is 0 Å². The molecule has 1 saturated heterocycles. The Balaban J connectivity index is 1.54. The van der Waals surface area contributed by atoms with E-state index in [1.807, 2.05) is 6.07 Å². The van der Waals surface area contributed by atoms with E-state index in [2.05, 4.69) is 29.2 Å². The van der Waals surface area contributed by atoms with E-state index >= 15 is 0 Å². The number of ketones is 1. The molecule has 3 unspecified atom stereocenters. The Labute approximate surface area is 188 Å². The number of carbonyl (C=O) groups is 1. The van der Waals surface area contributed by atoms with E-state index < -0.39 is 0 Å². The molecule has 1 aromatic rings. The largest absolute Gasteiger partial charge is 0.385 e. The zero-order chi connectivity index (χ0) is 21.9. The molecule has 2 N–H and O–H groups in total. The van der Waals surface area contributed by atoms with E-state index in [-0.39, 0.29) is 17.9 Å². The third-order valence-electron chi connectivity index (χ3n) is 6.99. The van der Waals surface area contributed by atoms with Gasteiger partial charge in [-0.05, 0) is 43.7 Å². The van der Waals surface area contributed by atoms with Crippen molar-refractivity contribution >= 4 is 5.78 Å². The van der Waals surface area contributed by atoms with E-state index in [4.69, 9.17) is 15.2 Å². The number of ether oxygens (including phenoxy) is 2. The maximum atomic E-state index is 12.9. The van der Waals surface area contributed by atoms with E-state index in [0.29, 0.717) is 31.6 Å². The van der Waals surface area contributed by atoms with Gasteiger partial charge in [0.2, 0.25) is 0 Å². The monoisotopic (exact) mass is 430 g/mol. The summed E-state index contributed by atoms with van der Waals surface area (Å²) in [6.07, 6.45) is 10.5. The molecule has 1 aromatic carbocycles. The van der Waals surface area contributed by atoms with Gasteiger partial charge in [0.25, 0.3) is 0 Å². The second-order valence-corrected chi connectivity index (χ2v) is 9.50. The molecule has 1 heterocycles. The van der Waals surface area contributed by atoms with Crippen LogP contribution in [0.4, 0.5) is 0 Å². The maximum absolute atomic E-state index is 12.9. The van der Waals surface area contributed by atoms with Crippen LogP contribution in [0.15, 0.2) is 30.3 Å². The summed E-state index contributed by atoms with van der Waals surface area (Å²) in [4.78, 5) is 15.2. The zero-order valence-corrected chi connectivity index (χ0v) is 19.3. The first kappa shape index (κ1) is 24.4. The highest BCUT2D eigenvalue weighted by atomic mass is 16.5. The van der Waals surface area contributed by atoms with Crippen LogP contribution in [0.1, 0.15) is 69.5 Å². The van der Waals surface area contributed by atoms with Crippen molar-refractivity contribution in [1.82, 2.24) is 4.90 Å². The molecule has 174 valence electrons. The summed E-state index contributed by atoms with van der Waals surface area (Å²) in [5.41, 5.74) is 7.56. The molecule has 5 heteroatoms. The molecule has 0 amide bonds. The van der Waals surface area contributed by atoms with Crippen molar-refractivity contribution in [2.75, 3.05) is 40.0 Å². The van der Waals surface area contributed by atoms with Gasteiger partial charge in [-0.25, -0.2) is 0 Å². The molecule has 0 aromatic heterocycles. The van der Waals surface area contributed by atoms with Crippen LogP contribution in [-0.2, 0) is 14.3 Å². The highest BCUT2D eigenvalue weighted by Gasteiger charge is 2.31. The third-order valence-corrected chi connectivity index (χ3v) is 6.99. The van der Waals surface area contributed by atoms with Crippen molar-refractivity contribution in [3.05, 3.63) is 35.9 Å². The Morgan fingerprint density at radius 3 is 2.61 bits per heavy atom. The zero-order valence-electron chi connectivity index (χ0n) is 19.3. The van der Waals surface area contributed by atoms with Gasteiger partial charge < -0.3 is 15.2 Å². The van der Waals surface area contributed by atoms with Crippen LogP contribution in [0, 0.1) is 11.8 Å². The van der Waals surface area contributed by atoms with E-state index in [9.17, 15) is 4.79 Å². The van der Waals surface area contributed by atoms with E-state index in [1.54, 1.807) is 7.11 Å². The lowest BCUT2D eigenvalue weighted by Crippen LogP contribution is -2.45. The summed E-state index contributed by atoms with van der Waals surface area (Å²) in [5, 5.41) is 0. The molecule has 1 saturated carbocycles. The second-order valence-electron chi connectivity index (χ2n) is 9.50. The number of nitrogens with two attached hydrogens (primary N) is 1. The Hall–Kier alpha value is -1.27. The van der Waals surface area contributed by atoms with Gasteiger partial charge in [-0.1, -0.05) is 62.4 Å². The minimum absolute atomic E-state index is 0.0619. The van der Waals surface area contributed by atoms with Crippen LogP contribution < -0.4 is 5.73 Å². The van der Waals surface area contributed by atoms with Crippen molar-refractivity contribution in [3.8, 4) is 0 Å². The van der Waals surface area contributed by atoms with Gasteiger partial charge in [-0.3, -0.25) is 9.69 Å². The molecular formula is C26H42N2O3. The predicted octanol–water partition coefficient (Wildman–Crippen LogP) is 4.36. The van der Waals surface area contributed by atoms with Crippen LogP contribution in [0.2, 0.25) is 0 Å². The molecule has 0 spiro atoms. The second kappa shape index (κ2) is 13.3. The average molecular weight is 431 g/mol. The number of hydrogen-bond acceptors (Lipinski definition) is 5. The number of carbonyl (C=O) groups excluding carboxylic acids is 1. The molecule has 3 rings (SSSR count). The van der Waals surface area contributed by atoms with Crippen LogP contribution in [0.5, 0.6) is 0 Å². The van der Waals surface area contributed by atoms with Crippen LogP contribution in [-0.4, -0.2) is 56.7 Å². The van der Waals surface area contributed by atoms with E-state index in [0.717, 1.165) is 38.8 Å². The number of likely N-dealkylation sites (tertiary alicyclic amines) is 1. The predicted molar refractivity (Wildman–Crippen MR) is 125 cm³/mol. The van der Waals surface area contributed by atoms with Gasteiger partial charge in [0.1, 0.15) is 0 Å². The van der Waals surface area contributed by atoms with Crippen LogP contribution >= 0.6 is 0 Å². The van der Waals surface area contributed by atoms with Gasteiger partial charge in [-0.2, -0.15) is 0 Å². The third kappa shape index (κ3) is 7.98. The van der Waals surface area contributed by atoms with Crippen LogP contribution in [0.25, 0.3) is 0 Å². The number of nitrogens with zero attached hydrogens (tertiary/aromatic N) is 1. The summed E-state index contributed by atoms with van der Waals surface area (Å²) in [5.74, 6) is 1.24. The molecule has 1 aliphatic carbocycles. The smallest absolute Gasteiger partial charge is 0.163 e. The molecule has 5 nitrogen and oxygen atoms in total. The first-order valence-corrected chi connectivity index (χ1v) is 12.3. The Bertz CT molecular complexity index is 633. The van der Waals surface area contributed by atoms with Gasteiger partial charge in [0, 0.05) is 32.8 Å². The Morgan fingerprint density at radius 2 is 1.87 bits per heavy atom. The molecule has 0 bridgehead atoms. The standard InChI is InChI=1S/C26H42N2O3/c1-30-16-9-17-31-26(22-12-6-3-7-13-22)23-14-8-15-28(19-23)20-25(29)24(27)18-21-10-4-2-5-11-21/h3,6-7,12-13,21,23-24,26H,2,4-5,8-11,14-20,27H2,1H3. The maximum Gasteiger partial charge on any atom is 0.163 e. The Kier molecular flexibility index (Phi) is 10.5. The summed E-state index contributed by atoms with van der Waals surface area (Å²) in [6.45, 7) is 3.76. The lowest BCUT2D eigenvalue weighted by Gasteiger charge is -2.37. The molecule has 0 radical (unpaired) electrons. The van der Waals surface area contributed by atoms with Gasteiger partial charge in [-0.15, -0.1) is 0 Å². The van der Waals surface area contributed by atoms with Gasteiger partial charge in [0.05, 0.1) is 18.7 Å². The fraction of sp³-hybridized carbons (Fsp3) is 0.731. The molecule has 1 aliphatic heterocycles. The molecule has 2 aliphatic rings. The SMILES string of the molecule is COCCCOC(c1ccccc1)C1CCCN(CC(=O)C(N)CC2CCCCC2)C1. The van der Waals surface area contributed by atoms with Crippen molar-refractivity contribution in [2.45, 2.75) is 69.9 Å². The summed E-state index contributed by atoms with van der Waals surface area (Å²) in [6, 6.07) is 10.2. The van der Waals surface area contributed by atoms with Crippen molar-refractivity contribution in [1.29, 1.82) is 0 Å². The summed E-state index contributed by atoms with van der Waals surface area (Å²) >= 11 is 0. The average Bonchev–Trinajstić information content (AvgIpc) is 2.80. The number of hydrogen-bond donors (Lipinski definition) is 1. The number of piperidine rings is 1. The number of Topliss-reactive ketones (excluding diaryl/α,β-unsaturated/α-hetero) is 1. The van der Waals surface area contributed by atoms with Crippen molar-refractivity contribution in [2.24, 2.45) is 17.6 Å². The van der Waals surface area contributed by atoms with Crippen molar-refractivity contribution in [3.63, 3.8) is 0 Å². The quantitative estimate of drug-likeness (QED) is 0.499. The molecular weight excluding hydrogens is 388 g/mol. The first-order valence-electron chi connectivity index (χ1n) is 12.3. The number of benzene rings is 1. The van der Waals surface area contributed by atoms with Gasteiger partial charge in [0.15, 0.2) is 5.78 Å². The summed E-state index contributed by atoms with van der Waals surface area (Å²) in [7, 11) is 1.73. The molecule has 2 fully saturated rings. The molecule has 3 atom stereocenters. The fourth-order valence-corrected chi connectivity index (χ4v) is 5.29. The van der Waals surface area contributed by atoms with Crippen molar-refractivity contribution < 1.29 is 14.3 Å². The lowest BCUT2D eigenvalue weighted by molar-refractivity contribution is -0.122. The number of methoxy groups -OCH3 is 1. The van der Waals surface area contributed by atoms with E-state index in [1.165, 1.54) is 37.7 Å². The minimum Gasteiger partial charge on any atom is -0.385 e. The number of rotatable bonds is 12.